The summed E-state index contributed by atoms with van der Waals surface area (Å²) in [7, 11) is 0. The van der Waals surface area contributed by atoms with E-state index in [4.69, 9.17) is 0 Å². The zero-order valence-electron chi connectivity index (χ0n) is 9.15. The molecule has 88 valence electrons. The van der Waals surface area contributed by atoms with Gasteiger partial charge in [-0.25, -0.2) is 0 Å². The zero-order chi connectivity index (χ0) is 12.2. The van der Waals surface area contributed by atoms with E-state index in [1.165, 1.54) is 0 Å². The van der Waals surface area contributed by atoms with E-state index in [1.807, 2.05) is 18.2 Å². The quantitative estimate of drug-likeness (QED) is 0.646. The summed E-state index contributed by atoms with van der Waals surface area (Å²) in [4.78, 5) is 8.55. The van der Waals surface area contributed by atoms with Gasteiger partial charge >= 0.3 is 0 Å². The third kappa shape index (κ3) is 1.86. The van der Waals surface area contributed by atoms with E-state index in [1.54, 1.807) is 18.5 Å². The van der Waals surface area contributed by atoms with Gasteiger partial charge in [-0.05, 0) is 39.1 Å². The molecule has 0 unspecified atom stereocenters. The van der Waals surface area contributed by atoms with E-state index in [2.05, 4.69) is 41.0 Å². The topological polar surface area (TPSA) is 109 Å². The van der Waals surface area contributed by atoms with Crippen molar-refractivity contribution in [2.75, 3.05) is 0 Å². The van der Waals surface area contributed by atoms with Crippen LogP contribution < -0.4 is 0 Å². The van der Waals surface area contributed by atoms with E-state index in [-0.39, 0.29) is 0 Å². The molecule has 8 heteroatoms. The van der Waals surface area contributed by atoms with E-state index >= 15 is 0 Å². The summed E-state index contributed by atoms with van der Waals surface area (Å²) < 4.78 is 0. The van der Waals surface area contributed by atoms with Crippen molar-refractivity contribution in [1.29, 1.82) is 0 Å². The van der Waals surface area contributed by atoms with Crippen molar-refractivity contribution in [3.63, 3.8) is 0 Å². The SMILES string of the molecule is c1ccc(-c2nccc3[nH]nnnn[nH]c23)nc1. The van der Waals surface area contributed by atoms with Crippen LogP contribution in [0, 0.1) is 0 Å². The molecule has 0 radical (unpaired) electrons. The molecule has 0 amide bonds. The van der Waals surface area contributed by atoms with Crippen LogP contribution in [-0.4, -0.2) is 41.0 Å². The molecule has 3 rings (SSSR count). The van der Waals surface area contributed by atoms with Crippen LogP contribution in [0.3, 0.4) is 0 Å². The number of fused-ring (bicyclic) bond motifs is 1. The summed E-state index contributed by atoms with van der Waals surface area (Å²) in [6, 6.07) is 7.35. The summed E-state index contributed by atoms with van der Waals surface area (Å²) in [6.07, 6.45) is 3.36. The Kier molecular flexibility index (Phi) is 2.59. The monoisotopic (exact) mass is 240 g/mol. The van der Waals surface area contributed by atoms with Gasteiger partial charge in [0.1, 0.15) is 11.2 Å². The Hall–Kier alpha value is -2.90. The fourth-order valence-corrected chi connectivity index (χ4v) is 1.55. The first kappa shape index (κ1) is 10.3. The maximum atomic E-state index is 4.30. The first-order chi connectivity index (χ1) is 8.95. The van der Waals surface area contributed by atoms with Gasteiger partial charge in [0, 0.05) is 12.4 Å². The summed E-state index contributed by atoms with van der Waals surface area (Å²) in [6.45, 7) is 0. The number of hydrogen-bond donors (Lipinski definition) is 2. The number of nitrogens with zero attached hydrogens (tertiary/aromatic N) is 6. The second-order valence-electron chi connectivity index (χ2n) is 3.40. The molecule has 0 spiro atoms. The third-order valence-corrected chi connectivity index (χ3v) is 2.32. The molecule has 8 nitrogen and oxygen atoms in total. The van der Waals surface area contributed by atoms with Crippen LogP contribution >= 0.6 is 0 Å². The molecule has 2 N–H and O–H groups in total. The van der Waals surface area contributed by atoms with Gasteiger partial charge in [0.05, 0.1) is 11.2 Å². The minimum absolute atomic E-state index is 0.651. The van der Waals surface area contributed by atoms with Crippen LogP contribution in [-0.2, 0) is 0 Å². The predicted molar refractivity (Wildman–Crippen MR) is 62.5 cm³/mol. The van der Waals surface area contributed by atoms with Crippen LogP contribution in [0.25, 0.3) is 22.4 Å². The second-order valence-corrected chi connectivity index (χ2v) is 3.40. The van der Waals surface area contributed by atoms with Crippen molar-refractivity contribution < 1.29 is 0 Å². The molecule has 0 aromatic carbocycles. The van der Waals surface area contributed by atoms with Crippen LogP contribution in [0.5, 0.6) is 0 Å². The average molecular weight is 240 g/mol. The summed E-state index contributed by atoms with van der Waals surface area (Å²) in [5.74, 6) is 0. The molecule has 0 saturated heterocycles. The Labute approximate surface area is 101 Å². The van der Waals surface area contributed by atoms with Crippen LogP contribution in [0.1, 0.15) is 0 Å². The Bertz CT molecular complexity index is 700. The van der Waals surface area contributed by atoms with E-state index in [0.717, 1.165) is 5.69 Å². The number of hydrogen-bond acceptors (Lipinski definition) is 6. The number of rotatable bonds is 1. The minimum Gasteiger partial charge on any atom is -0.256 e. The number of nitrogens with one attached hydrogen (secondary N) is 2. The smallest absolute Gasteiger partial charge is 0.116 e. The van der Waals surface area contributed by atoms with Gasteiger partial charge in [-0.1, -0.05) is 6.07 Å². The van der Waals surface area contributed by atoms with Crippen LogP contribution in [0.2, 0.25) is 0 Å². The molecule has 0 aliphatic rings. The Balaban J connectivity index is 2.35. The van der Waals surface area contributed by atoms with Crippen molar-refractivity contribution in [2.45, 2.75) is 0 Å². The largest absolute Gasteiger partial charge is 0.256 e. The number of H-pyrrole nitrogens is 2. The molecule has 0 saturated carbocycles. The number of aromatic nitrogens is 8. The lowest BCUT2D eigenvalue weighted by atomic mass is 10.2. The summed E-state index contributed by atoms with van der Waals surface area (Å²) >= 11 is 0. The average Bonchev–Trinajstić information content (AvgIpc) is 2.40. The van der Waals surface area contributed by atoms with E-state index in [0.29, 0.717) is 16.7 Å². The Morgan fingerprint density at radius 2 is 1.72 bits per heavy atom. The highest BCUT2D eigenvalue weighted by molar-refractivity contribution is 5.86. The molecule has 3 aromatic rings. The molecule has 0 aliphatic heterocycles. The van der Waals surface area contributed by atoms with Crippen molar-refractivity contribution in [3.8, 4) is 11.4 Å². The van der Waals surface area contributed by atoms with Crippen molar-refractivity contribution in [3.05, 3.63) is 36.7 Å². The van der Waals surface area contributed by atoms with Crippen molar-refractivity contribution in [1.82, 2.24) is 41.0 Å². The van der Waals surface area contributed by atoms with Gasteiger partial charge in [-0.15, -0.1) is 0 Å². The van der Waals surface area contributed by atoms with Crippen molar-refractivity contribution in [2.24, 2.45) is 0 Å². The van der Waals surface area contributed by atoms with Gasteiger partial charge in [0.25, 0.3) is 0 Å². The molecule has 0 atom stereocenters. The highest BCUT2D eigenvalue weighted by atomic mass is 15.5. The lowest BCUT2D eigenvalue weighted by Crippen LogP contribution is -1.96. The maximum Gasteiger partial charge on any atom is 0.116 e. The molecular weight excluding hydrogens is 232 g/mol. The molecule has 0 bridgehead atoms. The first-order valence-corrected chi connectivity index (χ1v) is 5.17. The van der Waals surface area contributed by atoms with Gasteiger partial charge in [0.15, 0.2) is 0 Å². The highest BCUT2D eigenvalue weighted by Crippen LogP contribution is 2.19. The van der Waals surface area contributed by atoms with E-state index < -0.39 is 0 Å². The minimum atomic E-state index is 0.651. The summed E-state index contributed by atoms with van der Waals surface area (Å²) in [5, 5.41) is 19.7. The first-order valence-electron chi connectivity index (χ1n) is 5.17. The lowest BCUT2D eigenvalue weighted by molar-refractivity contribution is 0.698. The van der Waals surface area contributed by atoms with E-state index in [9.17, 15) is 0 Å². The second kappa shape index (κ2) is 4.53. The fourth-order valence-electron chi connectivity index (χ4n) is 1.55. The predicted octanol–water partition coefficient (Wildman–Crippen LogP) is 0.657. The standard InChI is InChI=1S/C10H8N8/c1-2-5-11-7(3-1)9-10-8(4-6-12-9)13-15-17-18-16-14-10/h1-6H,(H,13,16,17)(H,14,15,18). The molecule has 18 heavy (non-hydrogen) atoms. The van der Waals surface area contributed by atoms with Gasteiger partial charge in [-0.3, -0.25) is 20.2 Å². The third-order valence-electron chi connectivity index (χ3n) is 2.32. The van der Waals surface area contributed by atoms with Gasteiger partial charge in [0.2, 0.25) is 0 Å². The molecule has 0 aliphatic carbocycles. The highest BCUT2D eigenvalue weighted by Gasteiger charge is 2.05. The normalized spacial score (nSPS) is 10.2. The Morgan fingerprint density at radius 3 is 2.56 bits per heavy atom. The Morgan fingerprint density at radius 1 is 0.833 bits per heavy atom. The van der Waals surface area contributed by atoms with Gasteiger partial charge < -0.3 is 0 Å². The van der Waals surface area contributed by atoms with Crippen LogP contribution in [0.15, 0.2) is 36.7 Å². The number of aromatic amines is 2. The van der Waals surface area contributed by atoms with Crippen LogP contribution in [0.4, 0.5) is 0 Å². The lowest BCUT2D eigenvalue weighted by Gasteiger charge is -2.01. The zero-order valence-corrected chi connectivity index (χ0v) is 9.15. The number of pyridine rings is 2. The maximum absolute atomic E-state index is 4.30. The summed E-state index contributed by atoms with van der Waals surface area (Å²) in [5.41, 5.74) is 2.75. The molecular formula is C10H8N8. The fraction of sp³-hybridized carbons (Fsp3) is 0. The molecule has 3 heterocycles. The molecule has 3 aromatic heterocycles. The van der Waals surface area contributed by atoms with Crippen molar-refractivity contribution >= 4 is 11.0 Å². The molecule has 0 fully saturated rings. The van der Waals surface area contributed by atoms with Gasteiger partial charge in [-0.2, -0.15) is 0 Å².